The summed E-state index contributed by atoms with van der Waals surface area (Å²) < 4.78 is 4.75. The summed E-state index contributed by atoms with van der Waals surface area (Å²) in [7, 11) is 1.29. The first-order chi connectivity index (χ1) is 9.17. The molecule has 0 aliphatic carbocycles. The van der Waals surface area contributed by atoms with Crippen molar-refractivity contribution < 1.29 is 19.1 Å². The van der Waals surface area contributed by atoms with E-state index in [1.165, 1.54) is 14.0 Å². The number of hydrogen-bond donors (Lipinski definition) is 2. The third-order valence-corrected chi connectivity index (χ3v) is 3.09. The highest BCUT2D eigenvalue weighted by atomic mass is 16.5. The lowest BCUT2D eigenvalue weighted by Gasteiger charge is -2.31. The lowest BCUT2D eigenvalue weighted by atomic mass is 9.94. The predicted octanol–water partition coefficient (Wildman–Crippen LogP) is 0.995. The van der Waals surface area contributed by atoms with Crippen LogP contribution in [-0.2, 0) is 19.1 Å². The second-order valence-corrected chi connectivity index (χ2v) is 5.49. The van der Waals surface area contributed by atoms with Gasteiger partial charge < -0.3 is 15.4 Å². The smallest absolute Gasteiger partial charge is 0.331 e. The second kappa shape index (κ2) is 7.87. The second-order valence-electron chi connectivity index (χ2n) is 5.49. The SMILES string of the molecule is CCCC(C)(NC(=O)C(NC(C)=O)C(C)C)C(=O)OC. The van der Waals surface area contributed by atoms with E-state index in [9.17, 15) is 14.4 Å². The number of methoxy groups -OCH3 is 1. The van der Waals surface area contributed by atoms with Crippen LogP contribution in [0.25, 0.3) is 0 Å². The van der Waals surface area contributed by atoms with Gasteiger partial charge in [-0.3, -0.25) is 9.59 Å². The van der Waals surface area contributed by atoms with Crippen LogP contribution < -0.4 is 10.6 Å². The first-order valence-corrected chi connectivity index (χ1v) is 6.85. The molecule has 0 bridgehead atoms. The molecule has 2 unspecified atom stereocenters. The summed E-state index contributed by atoms with van der Waals surface area (Å²) >= 11 is 0. The van der Waals surface area contributed by atoms with Gasteiger partial charge >= 0.3 is 5.97 Å². The van der Waals surface area contributed by atoms with E-state index in [0.29, 0.717) is 6.42 Å². The Balaban J connectivity index is 5.05. The van der Waals surface area contributed by atoms with E-state index in [4.69, 9.17) is 4.74 Å². The van der Waals surface area contributed by atoms with E-state index >= 15 is 0 Å². The molecule has 0 heterocycles. The summed E-state index contributed by atoms with van der Waals surface area (Å²) in [5.41, 5.74) is -1.08. The summed E-state index contributed by atoms with van der Waals surface area (Å²) in [5.74, 6) is -1.23. The number of amides is 2. The zero-order chi connectivity index (χ0) is 15.9. The minimum atomic E-state index is -1.08. The van der Waals surface area contributed by atoms with Gasteiger partial charge in [-0.2, -0.15) is 0 Å². The molecule has 0 saturated carbocycles. The summed E-state index contributed by atoms with van der Waals surface area (Å²) in [5, 5.41) is 5.30. The van der Waals surface area contributed by atoms with Crippen molar-refractivity contribution in [1.29, 1.82) is 0 Å². The Labute approximate surface area is 120 Å². The van der Waals surface area contributed by atoms with E-state index in [1.807, 2.05) is 20.8 Å². The number of carbonyl (C=O) groups is 3. The Bertz CT molecular complexity index is 368. The molecule has 6 heteroatoms. The lowest BCUT2D eigenvalue weighted by molar-refractivity contribution is -0.151. The average Bonchev–Trinajstić information content (AvgIpc) is 2.34. The number of rotatable bonds is 7. The van der Waals surface area contributed by atoms with Crippen LogP contribution in [0.1, 0.15) is 47.5 Å². The average molecular weight is 286 g/mol. The molecule has 0 saturated heterocycles. The molecule has 0 aromatic rings. The minimum Gasteiger partial charge on any atom is -0.467 e. The van der Waals surface area contributed by atoms with Crippen molar-refractivity contribution in [1.82, 2.24) is 10.6 Å². The number of hydrogen-bond acceptors (Lipinski definition) is 4. The largest absolute Gasteiger partial charge is 0.467 e. The third-order valence-electron chi connectivity index (χ3n) is 3.09. The van der Waals surface area contributed by atoms with E-state index in [-0.39, 0.29) is 17.7 Å². The molecule has 116 valence electrons. The molecule has 0 radical (unpaired) electrons. The fourth-order valence-corrected chi connectivity index (χ4v) is 2.04. The number of ether oxygens (including phenoxy) is 1. The van der Waals surface area contributed by atoms with Crippen molar-refractivity contribution in [2.45, 2.75) is 59.0 Å². The topological polar surface area (TPSA) is 84.5 Å². The minimum absolute atomic E-state index is 0.0811. The molecule has 2 amide bonds. The Kier molecular flexibility index (Phi) is 7.24. The van der Waals surface area contributed by atoms with Crippen LogP contribution in [0, 0.1) is 5.92 Å². The first kappa shape index (κ1) is 18.4. The highest BCUT2D eigenvalue weighted by Crippen LogP contribution is 2.15. The number of nitrogens with one attached hydrogen (secondary N) is 2. The molecular formula is C14H26N2O4. The predicted molar refractivity (Wildman–Crippen MR) is 75.9 cm³/mol. The number of esters is 1. The molecule has 0 aromatic carbocycles. The van der Waals surface area contributed by atoms with E-state index in [1.54, 1.807) is 6.92 Å². The van der Waals surface area contributed by atoms with Gasteiger partial charge in [0.05, 0.1) is 7.11 Å². The van der Waals surface area contributed by atoms with Gasteiger partial charge in [-0.1, -0.05) is 27.2 Å². The molecule has 20 heavy (non-hydrogen) atoms. The quantitative estimate of drug-likeness (QED) is 0.684. The van der Waals surface area contributed by atoms with Crippen molar-refractivity contribution in [2.24, 2.45) is 5.92 Å². The summed E-state index contributed by atoms with van der Waals surface area (Å²) in [6, 6.07) is -0.673. The molecular weight excluding hydrogens is 260 g/mol. The van der Waals surface area contributed by atoms with E-state index in [2.05, 4.69) is 10.6 Å². The maximum atomic E-state index is 12.3. The van der Waals surface area contributed by atoms with Crippen molar-refractivity contribution in [2.75, 3.05) is 7.11 Å². The molecule has 0 fully saturated rings. The Morgan fingerprint density at radius 2 is 1.80 bits per heavy atom. The van der Waals surface area contributed by atoms with Crippen LogP contribution in [0.5, 0.6) is 0 Å². The molecule has 2 atom stereocenters. The van der Waals surface area contributed by atoms with Gasteiger partial charge in [0.2, 0.25) is 11.8 Å². The van der Waals surface area contributed by atoms with Crippen LogP contribution in [0.3, 0.4) is 0 Å². The van der Waals surface area contributed by atoms with Gasteiger partial charge in [-0.25, -0.2) is 4.79 Å². The zero-order valence-corrected chi connectivity index (χ0v) is 13.2. The maximum absolute atomic E-state index is 12.3. The molecule has 0 rings (SSSR count). The monoisotopic (exact) mass is 286 g/mol. The van der Waals surface area contributed by atoms with Crippen LogP contribution >= 0.6 is 0 Å². The zero-order valence-electron chi connectivity index (χ0n) is 13.2. The number of carbonyl (C=O) groups excluding carboxylic acids is 3. The van der Waals surface area contributed by atoms with Gasteiger partial charge in [0.1, 0.15) is 11.6 Å². The van der Waals surface area contributed by atoms with Crippen LogP contribution in [0.2, 0.25) is 0 Å². The molecule has 0 spiro atoms. The van der Waals surface area contributed by atoms with Crippen LogP contribution in [0.15, 0.2) is 0 Å². The standard InChI is InChI=1S/C14H26N2O4/c1-7-8-14(5,13(19)20-6)16-12(18)11(9(2)3)15-10(4)17/h9,11H,7-8H2,1-6H3,(H,15,17)(H,16,18). The highest BCUT2D eigenvalue weighted by molar-refractivity contribution is 5.92. The fourth-order valence-electron chi connectivity index (χ4n) is 2.04. The third kappa shape index (κ3) is 5.19. The van der Waals surface area contributed by atoms with Crippen molar-refractivity contribution in [3.05, 3.63) is 0 Å². The van der Waals surface area contributed by atoms with E-state index < -0.39 is 17.6 Å². The van der Waals surface area contributed by atoms with Crippen LogP contribution in [-0.4, -0.2) is 36.5 Å². The van der Waals surface area contributed by atoms with Crippen LogP contribution in [0.4, 0.5) is 0 Å². The Hall–Kier alpha value is -1.59. The lowest BCUT2D eigenvalue weighted by Crippen LogP contribution is -2.59. The summed E-state index contributed by atoms with van der Waals surface area (Å²) in [4.78, 5) is 35.3. The van der Waals surface area contributed by atoms with Crippen molar-refractivity contribution in [3.63, 3.8) is 0 Å². The van der Waals surface area contributed by atoms with Gasteiger partial charge in [0.25, 0.3) is 0 Å². The summed E-state index contributed by atoms with van der Waals surface area (Å²) in [6.07, 6.45) is 1.19. The highest BCUT2D eigenvalue weighted by Gasteiger charge is 2.37. The van der Waals surface area contributed by atoms with Crippen molar-refractivity contribution in [3.8, 4) is 0 Å². The molecule has 2 N–H and O–H groups in total. The van der Waals surface area contributed by atoms with Crippen molar-refractivity contribution >= 4 is 17.8 Å². The van der Waals surface area contributed by atoms with Gasteiger partial charge in [0.15, 0.2) is 0 Å². The van der Waals surface area contributed by atoms with E-state index in [0.717, 1.165) is 6.42 Å². The molecule has 0 aromatic heterocycles. The maximum Gasteiger partial charge on any atom is 0.331 e. The Morgan fingerprint density at radius 1 is 1.25 bits per heavy atom. The molecule has 0 aliphatic heterocycles. The molecule has 6 nitrogen and oxygen atoms in total. The fraction of sp³-hybridized carbons (Fsp3) is 0.786. The first-order valence-electron chi connectivity index (χ1n) is 6.85. The molecule has 0 aliphatic rings. The van der Waals surface area contributed by atoms with Gasteiger partial charge in [-0.05, 0) is 19.3 Å². The van der Waals surface area contributed by atoms with Gasteiger partial charge in [0, 0.05) is 6.92 Å². The van der Waals surface area contributed by atoms with Gasteiger partial charge in [-0.15, -0.1) is 0 Å². The Morgan fingerprint density at radius 3 is 2.15 bits per heavy atom. The summed E-state index contributed by atoms with van der Waals surface area (Å²) in [6.45, 7) is 8.56. The normalized spacial score (nSPS) is 15.2.